The first-order valence-electron chi connectivity index (χ1n) is 12.4. The number of aliphatic hydroxyl groups excluding tert-OH is 1. The van der Waals surface area contributed by atoms with Gasteiger partial charge in [-0.1, -0.05) is 6.07 Å². The van der Waals surface area contributed by atoms with Crippen molar-refractivity contribution in [2.24, 2.45) is 0 Å². The standard InChI is InChI=1S/C26H27N7O3S/c1-13(34)21-22(16-9-17-4-5-18(10-16)32(17)26(36)14(2)35)31-24-19(12-30-33(24)23(21)27)15-3-6-20(29-11-15)25-28-7-8-37-25/h3,6-8,11-12,14,16-18,35H,4-5,9-10,27H2,1-2H3/t14-,16?,17?,18?/m1/s1. The molecule has 6 rings (SSSR count). The minimum atomic E-state index is -1.03. The number of rotatable bonds is 5. The molecule has 11 heteroatoms. The van der Waals surface area contributed by atoms with E-state index < -0.39 is 6.10 Å². The van der Waals surface area contributed by atoms with Gasteiger partial charge in [0.25, 0.3) is 5.91 Å². The van der Waals surface area contributed by atoms with Crippen LogP contribution in [-0.4, -0.2) is 64.5 Å². The van der Waals surface area contributed by atoms with E-state index in [2.05, 4.69) is 15.1 Å². The van der Waals surface area contributed by atoms with Crippen LogP contribution < -0.4 is 5.73 Å². The van der Waals surface area contributed by atoms with Crippen molar-refractivity contribution in [2.75, 3.05) is 5.73 Å². The van der Waals surface area contributed by atoms with E-state index in [1.807, 2.05) is 22.4 Å². The minimum Gasteiger partial charge on any atom is -0.384 e. The van der Waals surface area contributed by atoms with Crippen LogP contribution in [0.15, 0.2) is 36.1 Å². The zero-order chi connectivity index (χ0) is 25.8. The third-order valence-electron chi connectivity index (χ3n) is 7.52. The molecule has 2 bridgehead atoms. The number of carbonyl (C=O) groups is 2. The Morgan fingerprint density at radius 3 is 2.51 bits per heavy atom. The molecule has 4 aromatic rings. The lowest BCUT2D eigenvalue weighted by atomic mass is 9.85. The number of aliphatic hydroxyl groups is 1. The molecule has 2 aliphatic heterocycles. The van der Waals surface area contributed by atoms with Crippen molar-refractivity contribution in [3.8, 4) is 21.8 Å². The van der Waals surface area contributed by atoms with Gasteiger partial charge in [-0.3, -0.25) is 14.6 Å². The number of aromatic nitrogens is 5. The molecule has 0 saturated carbocycles. The van der Waals surface area contributed by atoms with E-state index in [0.29, 0.717) is 29.7 Å². The van der Waals surface area contributed by atoms with Crippen LogP contribution in [0.3, 0.4) is 0 Å². The fourth-order valence-corrected chi connectivity index (χ4v) is 6.51. The van der Waals surface area contributed by atoms with Crippen molar-refractivity contribution in [3.63, 3.8) is 0 Å². The summed E-state index contributed by atoms with van der Waals surface area (Å²) in [5, 5.41) is 17.1. The number of nitrogens with two attached hydrogens (primary N) is 1. The Balaban J connectivity index is 1.41. The highest BCUT2D eigenvalue weighted by molar-refractivity contribution is 7.13. The quantitative estimate of drug-likeness (QED) is 0.384. The molecule has 4 aromatic heterocycles. The summed E-state index contributed by atoms with van der Waals surface area (Å²) in [5.41, 5.74) is 10.5. The second-order valence-corrected chi connectivity index (χ2v) is 10.7. The molecule has 0 aromatic carbocycles. The molecule has 1 amide bonds. The number of Topliss-reactive ketones (excluding diaryl/α,β-unsaturated/α-hetero) is 1. The molecule has 6 heterocycles. The Bertz CT molecular complexity index is 1480. The highest BCUT2D eigenvalue weighted by Crippen LogP contribution is 2.44. The molecule has 3 atom stereocenters. The van der Waals surface area contributed by atoms with E-state index >= 15 is 0 Å². The lowest BCUT2D eigenvalue weighted by Crippen LogP contribution is -2.49. The third-order valence-corrected chi connectivity index (χ3v) is 8.32. The van der Waals surface area contributed by atoms with Crippen LogP contribution in [0.4, 0.5) is 5.82 Å². The number of hydrogen-bond donors (Lipinski definition) is 2. The monoisotopic (exact) mass is 517 g/mol. The van der Waals surface area contributed by atoms with Crippen LogP contribution in [-0.2, 0) is 4.79 Å². The molecule has 10 nitrogen and oxygen atoms in total. The number of anilines is 1. The second kappa shape index (κ2) is 9.00. The number of hydrogen-bond acceptors (Lipinski definition) is 9. The number of thiazole rings is 1. The number of pyridine rings is 1. The van der Waals surface area contributed by atoms with Crippen molar-refractivity contribution < 1.29 is 14.7 Å². The van der Waals surface area contributed by atoms with Gasteiger partial charge in [0.1, 0.15) is 16.9 Å². The summed E-state index contributed by atoms with van der Waals surface area (Å²) in [4.78, 5) is 41.1. The smallest absolute Gasteiger partial charge is 0.251 e. The van der Waals surface area contributed by atoms with Crippen LogP contribution in [0, 0.1) is 0 Å². The Labute approximate surface area is 217 Å². The van der Waals surface area contributed by atoms with Crippen molar-refractivity contribution >= 4 is 34.5 Å². The average molecular weight is 518 g/mol. The van der Waals surface area contributed by atoms with E-state index in [1.54, 1.807) is 18.6 Å². The van der Waals surface area contributed by atoms with Crippen molar-refractivity contribution in [2.45, 2.75) is 63.6 Å². The van der Waals surface area contributed by atoms with Crippen LogP contribution in [0.25, 0.3) is 27.5 Å². The van der Waals surface area contributed by atoms with Crippen LogP contribution in [0.1, 0.15) is 61.5 Å². The maximum atomic E-state index is 12.8. The van der Waals surface area contributed by atoms with Gasteiger partial charge in [0, 0.05) is 46.9 Å². The van der Waals surface area contributed by atoms with Gasteiger partial charge in [-0.2, -0.15) is 9.61 Å². The van der Waals surface area contributed by atoms with Gasteiger partial charge in [0.05, 0.1) is 23.1 Å². The number of carbonyl (C=O) groups excluding carboxylic acids is 2. The van der Waals surface area contributed by atoms with Gasteiger partial charge < -0.3 is 15.7 Å². The molecule has 0 spiro atoms. The van der Waals surface area contributed by atoms with Crippen molar-refractivity contribution in [3.05, 3.63) is 47.4 Å². The number of nitrogens with zero attached hydrogens (tertiary/aromatic N) is 6. The average Bonchev–Trinajstić information content (AvgIpc) is 3.62. The topological polar surface area (TPSA) is 140 Å². The number of piperidine rings is 1. The van der Waals surface area contributed by atoms with Gasteiger partial charge in [0.2, 0.25) is 0 Å². The summed E-state index contributed by atoms with van der Waals surface area (Å²) < 4.78 is 1.52. The lowest BCUT2D eigenvalue weighted by Gasteiger charge is -2.39. The molecule has 2 unspecified atom stereocenters. The summed E-state index contributed by atoms with van der Waals surface area (Å²) in [6.45, 7) is 3.01. The van der Waals surface area contributed by atoms with Crippen molar-refractivity contribution in [1.29, 1.82) is 0 Å². The number of amides is 1. The van der Waals surface area contributed by atoms with Gasteiger partial charge in [-0.25, -0.2) is 9.97 Å². The van der Waals surface area contributed by atoms with Crippen LogP contribution in [0.2, 0.25) is 0 Å². The van der Waals surface area contributed by atoms with Gasteiger partial charge in [-0.15, -0.1) is 11.3 Å². The fourth-order valence-electron chi connectivity index (χ4n) is 5.90. The first-order valence-corrected chi connectivity index (χ1v) is 13.3. The molecule has 37 heavy (non-hydrogen) atoms. The Morgan fingerprint density at radius 1 is 1.16 bits per heavy atom. The second-order valence-electron chi connectivity index (χ2n) is 9.85. The zero-order valence-electron chi connectivity index (χ0n) is 20.5. The molecular weight excluding hydrogens is 490 g/mol. The van der Waals surface area contributed by atoms with E-state index in [0.717, 1.165) is 34.7 Å². The van der Waals surface area contributed by atoms with Crippen molar-refractivity contribution in [1.82, 2.24) is 29.5 Å². The number of nitrogen functional groups attached to an aromatic ring is 1. The summed E-state index contributed by atoms with van der Waals surface area (Å²) in [6.07, 6.45) is 7.28. The molecule has 2 saturated heterocycles. The highest BCUT2D eigenvalue weighted by Gasteiger charge is 2.45. The Morgan fingerprint density at radius 2 is 1.92 bits per heavy atom. The molecule has 190 valence electrons. The first-order chi connectivity index (χ1) is 17.8. The van der Waals surface area contributed by atoms with E-state index in [4.69, 9.17) is 10.7 Å². The number of ketones is 1. The van der Waals surface area contributed by atoms with Gasteiger partial charge >= 0.3 is 0 Å². The SMILES string of the molecule is CC(=O)c1c(C2CC3CCC(C2)N3C(=O)[C@@H](C)O)nc2c(-c3ccc(-c4nccs4)nc3)cnn2c1N. The Kier molecular flexibility index (Phi) is 5.76. The third kappa shape index (κ3) is 3.89. The molecule has 2 fully saturated rings. The molecule has 0 aliphatic carbocycles. The normalized spacial score (nSPS) is 21.9. The van der Waals surface area contributed by atoms with Crippen LogP contribution in [0.5, 0.6) is 0 Å². The summed E-state index contributed by atoms with van der Waals surface area (Å²) in [6, 6.07) is 3.89. The highest BCUT2D eigenvalue weighted by atomic mass is 32.1. The molecule has 3 N–H and O–H groups in total. The fraction of sp³-hybridized carbons (Fsp3) is 0.385. The molecule has 2 aliphatic rings. The predicted octanol–water partition coefficient (Wildman–Crippen LogP) is 3.32. The largest absolute Gasteiger partial charge is 0.384 e. The summed E-state index contributed by atoms with van der Waals surface area (Å²) >= 11 is 1.53. The molecular formula is C26H27N7O3S. The lowest BCUT2D eigenvalue weighted by molar-refractivity contribution is -0.144. The summed E-state index contributed by atoms with van der Waals surface area (Å²) in [7, 11) is 0. The van der Waals surface area contributed by atoms with Gasteiger partial charge in [-0.05, 0) is 45.6 Å². The first kappa shape index (κ1) is 23.7. The van der Waals surface area contributed by atoms with E-state index in [1.165, 1.54) is 29.7 Å². The maximum Gasteiger partial charge on any atom is 0.251 e. The Hall–Kier alpha value is -3.70. The molecule has 0 radical (unpaired) electrons. The zero-order valence-corrected chi connectivity index (χ0v) is 21.4. The maximum absolute atomic E-state index is 12.8. The minimum absolute atomic E-state index is 0.0110. The predicted molar refractivity (Wildman–Crippen MR) is 139 cm³/mol. The van der Waals surface area contributed by atoms with E-state index in [-0.39, 0.29) is 35.5 Å². The van der Waals surface area contributed by atoms with Gasteiger partial charge in [0.15, 0.2) is 11.4 Å². The number of fused-ring (bicyclic) bond motifs is 3. The van der Waals surface area contributed by atoms with E-state index in [9.17, 15) is 14.7 Å². The van der Waals surface area contributed by atoms with Crippen LogP contribution >= 0.6 is 11.3 Å². The summed E-state index contributed by atoms with van der Waals surface area (Å²) in [5.74, 6) is -0.161.